The van der Waals surface area contributed by atoms with E-state index < -0.39 is 24.3 Å². The second kappa shape index (κ2) is 7.77. The van der Waals surface area contributed by atoms with Gasteiger partial charge in [-0.25, -0.2) is 18.7 Å². The maximum absolute atomic E-state index is 15.3. The molecule has 3 N–H and O–H groups in total. The molecule has 4 aromatic rings. The molecule has 0 saturated heterocycles. The number of H-pyrrole nitrogens is 1. The van der Waals surface area contributed by atoms with Crippen molar-refractivity contribution in [2.45, 2.75) is 55.8 Å². The standard InChI is InChI=1S/C24H26FN9O2/c1-33-11-14(10-27-33)17-12-34-18(4-5-26-34)22(28-17)29-20-6-16(31-32-20)15-2-3-19(21(15)25)36-23(35)30-24-7-13(8-24)9-24/h4-6,10-13,15,19,21H,2-3,7-9H2,1H3,(H,30,35)(H2,28,29,31,32)/t13?,15-,19-,21-,24?/m1/s1. The third-order valence-corrected chi connectivity index (χ3v) is 7.80. The van der Waals surface area contributed by atoms with Gasteiger partial charge in [0.2, 0.25) is 0 Å². The summed E-state index contributed by atoms with van der Waals surface area (Å²) in [6.07, 6.45) is 8.68. The number of nitrogens with one attached hydrogen (secondary N) is 3. The minimum atomic E-state index is -1.30. The average Bonchev–Trinajstić information content (AvgIpc) is 3.59. The molecule has 4 heterocycles. The van der Waals surface area contributed by atoms with Crippen molar-refractivity contribution < 1.29 is 13.9 Å². The zero-order valence-corrected chi connectivity index (χ0v) is 19.7. The number of nitrogens with zero attached hydrogens (tertiary/aromatic N) is 6. The van der Waals surface area contributed by atoms with Gasteiger partial charge in [-0.2, -0.15) is 15.3 Å². The number of alkyl carbamates (subject to hydrolysis) is 1. The molecule has 8 rings (SSSR count). The first-order chi connectivity index (χ1) is 17.4. The summed E-state index contributed by atoms with van der Waals surface area (Å²) in [5.74, 6) is 1.41. The Kier molecular flexibility index (Phi) is 4.60. The van der Waals surface area contributed by atoms with Gasteiger partial charge in [0.1, 0.15) is 17.8 Å². The quantitative estimate of drug-likeness (QED) is 0.377. The monoisotopic (exact) mass is 491 g/mol. The van der Waals surface area contributed by atoms with Gasteiger partial charge in [0.25, 0.3) is 0 Å². The molecule has 0 spiro atoms. The molecule has 4 aliphatic rings. The Labute approximate surface area is 205 Å². The molecule has 0 unspecified atom stereocenters. The molecule has 0 radical (unpaired) electrons. The van der Waals surface area contributed by atoms with Crippen LogP contribution in [0.4, 0.5) is 20.8 Å². The Morgan fingerprint density at radius 2 is 2.11 bits per heavy atom. The molecule has 4 aliphatic carbocycles. The number of hydrogen-bond donors (Lipinski definition) is 3. The van der Waals surface area contributed by atoms with Crippen LogP contribution in [0.3, 0.4) is 0 Å². The van der Waals surface area contributed by atoms with Gasteiger partial charge in [0.05, 0.1) is 24.3 Å². The summed E-state index contributed by atoms with van der Waals surface area (Å²) >= 11 is 0. The third kappa shape index (κ3) is 3.50. The molecule has 3 atom stereocenters. The number of aromatic amines is 1. The Bertz CT molecular complexity index is 1440. The zero-order chi connectivity index (χ0) is 24.4. The molecular formula is C24H26FN9O2. The summed E-state index contributed by atoms with van der Waals surface area (Å²) in [7, 11) is 1.85. The van der Waals surface area contributed by atoms with Crippen molar-refractivity contribution in [3.8, 4) is 11.3 Å². The first-order valence-corrected chi connectivity index (χ1v) is 12.2. The Morgan fingerprint density at radius 1 is 1.25 bits per heavy atom. The van der Waals surface area contributed by atoms with Crippen molar-refractivity contribution >= 4 is 23.2 Å². The Hall–Kier alpha value is -3.96. The zero-order valence-electron chi connectivity index (χ0n) is 19.7. The summed E-state index contributed by atoms with van der Waals surface area (Å²) in [5.41, 5.74) is 2.91. The van der Waals surface area contributed by atoms with Crippen molar-refractivity contribution in [1.29, 1.82) is 0 Å². The van der Waals surface area contributed by atoms with Gasteiger partial charge in [0, 0.05) is 42.0 Å². The fourth-order valence-corrected chi connectivity index (χ4v) is 5.81. The van der Waals surface area contributed by atoms with E-state index in [0.717, 1.165) is 36.3 Å². The van der Waals surface area contributed by atoms with Gasteiger partial charge >= 0.3 is 6.09 Å². The minimum Gasteiger partial charge on any atom is -0.443 e. The highest BCUT2D eigenvalue weighted by Gasteiger charge is 2.58. The molecule has 2 bridgehead atoms. The molecular weight excluding hydrogens is 465 g/mol. The highest BCUT2D eigenvalue weighted by molar-refractivity contribution is 5.75. The number of hydrogen-bond acceptors (Lipinski definition) is 7. The van der Waals surface area contributed by atoms with Gasteiger partial charge in [-0.05, 0) is 44.1 Å². The molecule has 4 fully saturated rings. The summed E-state index contributed by atoms with van der Waals surface area (Å²) in [5, 5.41) is 22.0. The molecule has 12 heteroatoms. The van der Waals surface area contributed by atoms with Crippen LogP contribution >= 0.6 is 0 Å². The normalized spacial score (nSPS) is 28.5. The lowest BCUT2D eigenvalue weighted by atomic mass is 9.50. The van der Waals surface area contributed by atoms with Crippen LogP contribution in [0.25, 0.3) is 16.8 Å². The smallest absolute Gasteiger partial charge is 0.407 e. The van der Waals surface area contributed by atoms with E-state index in [1.165, 1.54) is 0 Å². The largest absolute Gasteiger partial charge is 0.443 e. The molecule has 36 heavy (non-hydrogen) atoms. The van der Waals surface area contributed by atoms with Crippen LogP contribution < -0.4 is 10.6 Å². The fraction of sp³-hybridized carbons (Fsp3) is 0.458. The van der Waals surface area contributed by atoms with Gasteiger partial charge in [-0.3, -0.25) is 9.78 Å². The van der Waals surface area contributed by atoms with Gasteiger partial charge in [-0.15, -0.1) is 0 Å². The SMILES string of the molecule is Cn1cc(-c2cn3nccc3c(Nc3cc([C@H]4CC[C@@H](OC(=O)NC56CC(C5)C6)[C@@H]4F)[nH]n3)n2)cn1. The van der Waals surface area contributed by atoms with E-state index in [1.807, 2.05) is 25.5 Å². The number of rotatable bonds is 6. The summed E-state index contributed by atoms with van der Waals surface area (Å²) < 4.78 is 24.2. The minimum absolute atomic E-state index is 0.0845. The predicted molar refractivity (Wildman–Crippen MR) is 127 cm³/mol. The maximum Gasteiger partial charge on any atom is 0.407 e. The first kappa shape index (κ1) is 21.3. The average molecular weight is 492 g/mol. The fourth-order valence-electron chi connectivity index (χ4n) is 5.81. The van der Waals surface area contributed by atoms with Crippen molar-refractivity contribution in [3.63, 3.8) is 0 Å². The van der Waals surface area contributed by atoms with Crippen LogP contribution in [0, 0.1) is 5.92 Å². The summed E-state index contributed by atoms with van der Waals surface area (Å²) in [6.45, 7) is 0. The van der Waals surface area contributed by atoms with E-state index in [0.29, 0.717) is 35.9 Å². The van der Waals surface area contributed by atoms with Gasteiger partial charge in [-0.1, -0.05) is 0 Å². The lowest BCUT2D eigenvalue weighted by Gasteiger charge is -2.61. The molecule has 4 saturated carbocycles. The molecule has 11 nitrogen and oxygen atoms in total. The lowest BCUT2D eigenvalue weighted by Crippen LogP contribution is -2.68. The van der Waals surface area contributed by atoms with E-state index in [4.69, 9.17) is 9.72 Å². The van der Waals surface area contributed by atoms with E-state index in [-0.39, 0.29) is 5.54 Å². The highest BCUT2D eigenvalue weighted by atomic mass is 19.1. The third-order valence-electron chi connectivity index (χ3n) is 7.80. The van der Waals surface area contributed by atoms with Crippen molar-refractivity contribution in [2.24, 2.45) is 13.0 Å². The number of aryl methyl sites for hydroxylation is 1. The number of carbonyl (C=O) groups is 1. The predicted octanol–water partition coefficient (Wildman–Crippen LogP) is 3.46. The maximum atomic E-state index is 15.3. The molecule has 0 aliphatic heterocycles. The van der Waals surface area contributed by atoms with E-state index >= 15 is 4.39 Å². The number of ether oxygens (including phenoxy) is 1. The highest BCUT2D eigenvalue weighted by Crippen LogP contribution is 2.57. The van der Waals surface area contributed by atoms with Crippen LogP contribution in [0.5, 0.6) is 0 Å². The van der Waals surface area contributed by atoms with E-state index in [2.05, 4.69) is 31.0 Å². The number of amides is 1. The van der Waals surface area contributed by atoms with Gasteiger partial charge in [0.15, 0.2) is 11.6 Å². The number of halogens is 1. The van der Waals surface area contributed by atoms with Crippen LogP contribution in [0.1, 0.15) is 43.7 Å². The number of fused-ring (bicyclic) bond motifs is 1. The second-order valence-electron chi connectivity index (χ2n) is 10.3. The van der Waals surface area contributed by atoms with Gasteiger partial charge < -0.3 is 15.4 Å². The topological polar surface area (TPSA) is 127 Å². The first-order valence-electron chi connectivity index (χ1n) is 12.2. The second-order valence-corrected chi connectivity index (χ2v) is 10.3. The molecule has 186 valence electrons. The summed E-state index contributed by atoms with van der Waals surface area (Å²) in [4.78, 5) is 17.0. The number of aromatic nitrogens is 7. The van der Waals surface area contributed by atoms with Crippen molar-refractivity contribution in [2.75, 3.05) is 5.32 Å². The molecule has 4 aromatic heterocycles. The molecule has 1 amide bonds. The number of carbonyl (C=O) groups excluding carboxylic acids is 1. The van der Waals surface area contributed by atoms with E-state index in [9.17, 15) is 4.79 Å². The van der Waals surface area contributed by atoms with Crippen molar-refractivity contribution in [1.82, 2.24) is 39.9 Å². The Balaban J connectivity index is 1.06. The van der Waals surface area contributed by atoms with Crippen LogP contribution in [-0.4, -0.2) is 58.5 Å². The number of anilines is 2. The lowest BCUT2D eigenvalue weighted by molar-refractivity contribution is -0.0532. The summed E-state index contributed by atoms with van der Waals surface area (Å²) in [6, 6.07) is 3.64. The van der Waals surface area contributed by atoms with E-state index in [1.54, 1.807) is 27.7 Å². The Morgan fingerprint density at radius 3 is 2.86 bits per heavy atom. The number of alkyl halides is 1. The van der Waals surface area contributed by atoms with Crippen LogP contribution in [0.15, 0.2) is 36.9 Å². The molecule has 0 aromatic carbocycles. The van der Waals surface area contributed by atoms with Crippen LogP contribution in [0.2, 0.25) is 0 Å². The van der Waals surface area contributed by atoms with Crippen molar-refractivity contribution in [3.05, 3.63) is 42.6 Å². The van der Waals surface area contributed by atoms with Crippen LogP contribution in [-0.2, 0) is 11.8 Å².